The second-order valence-corrected chi connectivity index (χ2v) is 9.09. The molecule has 4 nitrogen and oxygen atoms in total. The van der Waals surface area contributed by atoms with Gasteiger partial charge in [-0.25, -0.2) is 8.42 Å². The second kappa shape index (κ2) is 6.65. The van der Waals surface area contributed by atoms with Crippen LogP contribution in [0.5, 0.6) is 5.75 Å². The minimum Gasteiger partial charge on any atom is -0.493 e. The number of anilines is 1. The standard InChI is InChI=1S/C21H21NO3S/c22-18-6-3-5-17(12-18)21-19-7-2-1-4-16(19)8-9-20(21)25-13-15-10-11-26(23,24)14-15/h1-9,12,15H,10-11,13-14,22H2. The molecule has 134 valence electrons. The van der Waals surface area contributed by atoms with Gasteiger partial charge < -0.3 is 10.5 Å². The minimum atomic E-state index is -2.90. The van der Waals surface area contributed by atoms with Crippen LogP contribution in [0.3, 0.4) is 0 Å². The van der Waals surface area contributed by atoms with Crippen LogP contribution in [0.2, 0.25) is 0 Å². The highest BCUT2D eigenvalue weighted by molar-refractivity contribution is 7.91. The molecule has 3 aromatic rings. The van der Waals surface area contributed by atoms with Crippen LogP contribution in [0.25, 0.3) is 21.9 Å². The van der Waals surface area contributed by atoms with E-state index in [0.29, 0.717) is 18.7 Å². The van der Waals surface area contributed by atoms with Gasteiger partial charge in [0.05, 0.1) is 18.1 Å². The fourth-order valence-electron chi connectivity index (χ4n) is 3.57. The third-order valence-electron chi connectivity index (χ3n) is 4.87. The first-order valence-corrected chi connectivity index (χ1v) is 10.5. The van der Waals surface area contributed by atoms with Crippen molar-refractivity contribution in [3.63, 3.8) is 0 Å². The van der Waals surface area contributed by atoms with Gasteiger partial charge in [0, 0.05) is 17.2 Å². The molecule has 2 N–H and O–H groups in total. The summed E-state index contributed by atoms with van der Waals surface area (Å²) in [6.45, 7) is 0.410. The van der Waals surface area contributed by atoms with Crippen molar-refractivity contribution in [1.82, 2.24) is 0 Å². The number of benzene rings is 3. The number of sulfone groups is 1. The molecule has 1 atom stereocenters. The van der Waals surface area contributed by atoms with Crippen molar-refractivity contribution in [2.24, 2.45) is 5.92 Å². The smallest absolute Gasteiger partial charge is 0.150 e. The predicted molar refractivity (Wildman–Crippen MR) is 106 cm³/mol. The number of fused-ring (bicyclic) bond motifs is 1. The number of ether oxygens (including phenoxy) is 1. The average Bonchev–Trinajstić information content (AvgIpc) is 2.98. The fraction of sp³-hybridized carbons (Fsp3) is 0.238. The Bertz CT molecular complexity index is 1060. The van der Waals surface area contributed by atoms with E-state index < -0.39 is 9.84 Å². The van der Waals surface area contributed by atoms with E-state index in [-0.39, 0.29) is 17.4 Å². The molecule has 1 unspecified atom stereocenters. The van der Waals surface area contributed by atoms with Crippen molar-refractivity contribution in [3.05, 3.63) is 60.7 Å². The van der Waals surface area contributed by atoms with Crippen LogP contribution in [-0.4, -0.2) is 26.5 Å². The lowest BCUT2D eigenvalue weighted by Gasteiger charge is -2.17. The van der Waals surface area contributed by atoms with Gasteiger partial charge in [-0.15, -0.1) is 0 Å². The topological polar surface area (TPSA) is 69.4 Å². The van der Waals surface area contributed by atoms with Crippen molar-refractivity contribution in [2.75, 3.05) is 23.8 Å². The predicted octanol–water partition coefficient (Wildman–Crippen LogP) is 3.90. The third-order valence-corrected chi connectivity index (χ3v) is 6.70. The van der Waals surface area contributed by atoms with Gasteiger partial charge in [-0.05, 0) is 41.0 Å². The van der Waals surface area contributed by atoms with E-state index >= 15 is 0 Å². The van der Waals surface area contributed by atoms with Gasteiger partial charge in [-0.3, -0.25) is 0 Å². The number of hydrogen-bond acceptors (Lipinski definition) is 4. The van der Waals surface area contributed by atoms with Gasteiger partial charge >= 0.3 is 0 Å². The summed E-state index contributed by atoms with van der Waals surface area (Å²) in [6, 6.07) is 19.9. The Morgan fingerprint density at radius 1 is 1.04 bits per heavy atom. The van der Waals surface area contributed by atoms with Crippen LogP contribution >= 0.6 is 0 Å². The van der Waals surface area contributed by atoms with Crippen LogP contribution in [0, 0.1) is 5.92 Å². The van der Waals surface area contributed by atoms with Gasteiger partial charge in [0.15, 0.2) is 9.84 Å². The van der Waals surface area contributed by atoms with Crippen molar-refractivity contribution in [2.45, 2.75) is 6.42 Å². The first-order chi connectivity index (χ1) is 12.5. The van der Waals surface area contributed by atoms with E-state index in [2.05, 4.69) is 12.1 Å². The largest absolute Gasteiger partial charge is 0.493 e. The Labute approximate surface area is 153 Å². The maximum atomic E-state index is 11.7. The number of hydrogen-bond donors (Lipinski definition) is 1. The molecule has 0 aliphatic carbocycles. The molecule has 1 aliphatic rings. The van der Waals surface area contributed by atoms with E-state index in [4.69, 9.17) is 10.5 Å². The molecule has 3 aromatic carbocycles. The van der Waals surface area contributed by atoms with Crippen LogP contribution in [-0.2, 0) is 9.84 Å². The lowest BCUT2D eigenvalue weighted by atomic mass is 9.97. The first kappa shape index (κ1) is 16.9. The molecule has 0 spiro atoms. The summed E-state index contributed by atoms with van der Waals surface area (Å²) in [5, 5.41) is 2.22. The van der Waals surface area contributed by atoms with E-state index in [1.54, 1.807) is 0 Å². The third kappa shape index (κ3) is 3.40. The molecule has 0 aromatic heterocycles. The van der Waals surface area contributed by atoms with Crippen LogP contribution < -0.4 is 10.5 Å². The van der Waals surface area contributed by atoms with Gasteiger partial charge in [-0.1, -0.05) is 42.5 Å². The Morgan fingerprint density at radius 2 is 1.88 bits per heavy atom. The highest BCUT2D eigenvalue weighted by atomic mass is 32.2. The van der Waals surface area contributed by atoms with Crippen molar-refractivity contribution >= 4 is 26.3 Å². The molecule has 0 radical (unpaired) electrons. The normalized spacial score (nSPS) is 18.8. The monoisotopic (exact) mass is 367 g/mol. The number of nitrogens with two attached hydrogens (primary N) is 1. The van der Waals surface area contributed by atoms with E-state index in [0.717, 1.165) is 27.6 Å². The Balaban J connectivity index is 1.73. The number of nitrogen functional groups attached to an aromatic ring is 1. The molecule has 1 heterocycles. The van der Waals surface area contributed by atoms with Crippen LogP contribution in [0.1, 0.15) is 6.42 Å². The molecule has 1 fully saturated rings. The summed E-state index contributed by atoms with van der Waals surface area (Å²) < 4.78 is 29.5. The molecule has 0 bridgehead atoms. The summed E-state index contributed by atoms with van der Waals surface area (Å²) in [5.41, 5.74) is 8.68. The molecular weight excluding hydrogens is 346 g/mol. The molecule has 1 saturated heterocycles. The molecule has 26 heavy (non-hydrogen) atoms. The maximum Gasteiger partial charge on any atom is 0.150 e. The van der Waals surface area contributed by atoms with Crippen LogP contribution in [0.15, 0.2) is 60.7 Å². The fourth-order valence-corrected chi connectivity index (χ4v) is 5.42. The number of rotatable bonds is 4. The first-order valence-electron chi connectivity index (χ1n) is 8.73. The zero-order chi connectivity index (χ0) is 18.1. The highest BCUT2D eigenvalue weighted by Crippen LogP contribution is 2.38. The lowest BCUT2D eigenvalue weighted by molar-refractivity contribution is 0.264. The SMILES string of the molecule is Nc1cccc(-c2c(OCC3CCS(=O)(=O)C3)ccc3ccccc23)c1. The van der Waals surface area contributed by atoms with E-state index in [9.17, 15) is 8.42 Å². The van der Waals surface area contributed by atoms with Gasteiger partial charge in [0.1, 0.15) is 5.75 Å². The Hall–Kier alpha value is -2.53. The molecule has 0 amide bonds. The van der Waals surface area contributed by atoms with Crippen LogP contribution in [0.4, 0.5) is 5.69 Å². The van der Waals surface area contributed by atoms with E-state index in [1.807, 2.05) is 48.5 Å². The van der Waals surface area contributed by atoms with Gasteiger partial charge in [0.25, 0.3) is 0 Å². The van der Waals surface area contributed by atoms with Gasteiger partial charge in [-0.2, -0.15) is 0 Å². The molecule has 5 heteroatoms. The second-order valence-electron chi connectivity index (χ2n) is 6.87. The molecule has 0 saturated carbocycles. The maximum absolute atomic E-state index is 11.7. The van der Waals surface area contributed by atoms with Gasteiger partial charge in [0.2, 0.25) is 0 Å². The summed E-state index contributed by atoms with van der Waals surface area (Å²) in [4.78, 5) is 0. The summed E-state index contributed by atoms with van der Waals surface area (Å²) in [7, 11) is -2.90. The summed E-state index contributed by atoms with van der Waals surface area (Å²) >= 11 is 0. The highest BCUT2D eigenvalue weighted by Gasteiger charge is 2.28. The quantitative estimate of drug-likeness (QED) is 0.710. The van der Waals surface area contributed by atoms with E-state index in [1.165, 1.54) is 0 Å². The average molecular weight is 367 g/mol. The Kier molecular flexibility index (Phi) is 4.32. The van der Waals surface area contributed by atoms with Crippen molar-refractivity contribution in [3.8, 4) is 16.9 Å². The lowest BCUT2D eigenvalue weighted by Crippen LogP contribution is -2.14. The molecule has 4 rings (SSSR count). The summed E-state index contributed by atoms with van der Waals surface area (Å²) in [6.07, 6.45) is 0.670. The Morgan fingerprint density at radius 3 is 2.65 bits per heavy atom. The zero-order valence-corrected chi connectivity index (χ0v) is 15.2. The minimum absolute atomic E-state index is 0.0557. The molecule has 1 aliphatic heterocycles. The van der Waals surface area contributed by atoms with Crippen molar-refractivity contribution in [1.29, 1.82) is 0 Å². The zero-order valence-electron chi connectivity index (χ0n) is 14.4. The van der Waals surface area contributed by atoms with Crippen molar-refractivity contribution < 1.29 is 13.2 Å². The summed E-state index contributed by atoms with van der Waals surface area (Å²) in [5.74, 6) is 1.30. The molecular formula is C21H21NO3S.